The molecule has 0 saturated carbocycles. The van der Waals surface area contributed by atoms with Crippen molar-refractivity contribution in [2.24, 2.45) is 0 Å². The summed E-state index contributed by atoms with van der Waals surface area (Å²) in [6.07, 6.45) is -3.10. The molecular weight excluding hydrogens is 369 g/mol. The van der Waals surface area contributed by atoms with Gasteiger partial charge in [0.15, 0.2) is 0 Å². The highest BCUT2D eigenvalue weighted by Gasteiger charge is 2.33. The summed E-state index contributed by atoms with van der Waals surface area (Å²) in [4.78, 5) is 12.3. The topological polar surface area (TPSA) is 39.4 Å². The molecule has 0 radical (unpaired) electrons. The average molecular weight is 384 g/mol. The first-order valence-electron chi connectivity index (χ1n) is 8.62. The zero-order valence-corrected chi connectivity index (χ0v) is 14.6. The van der Waals surface area contributed by atoms with E-state index < -0.39 is 24.3 Å². The first-order chi connectivity index (χ1) is 13.4. The van der Waals surface area contributed by atoms with Gasteiger partial charge in [0.25, 0.3) is 0 Å². The lowest BCUT2D eigenvalue weighted by molar-refractivity contribution is -0.147. The summed E-state index contributed by atoms with van der Waals surface area (Å²) in [5.41, 5.74) is 0.401. The molecule has 1 aromatic heterocycles. The van der Waals surface area contributed by atoms with Crippen LogP contribution in [-0.4, -0.2) is 5.97 Å². The molecule has 3 aromatic carbocycles. The number of hydrogen-bond donors (Lipinski definition) is 0. The molecule has 0 aliphatic rings. The van der Waals surface area contributed by atoms with E-state index in [1.54, 1.807) is 0 Å². The van der Waals surface area contributed by atoms with Crippen molar-refractivity contribution in [3.8, 4) is 0 Å². The molecular formula is C22H15F3O3. The van der Waals surface area contributed by atoms with Crippen molar-refractivity contribution >= 4 is 27.7 Å². The minimum Gasteiger partial charge on any atom is -0.464 e. The molecule has 4 aromatic rings. The second-order valence-corrected chi connectivity index (χ2v) is 6.41. The van der Waals surface area contributed by atoms with Gasteiger partial charge in [-0.2, -0.15) is 13.2 Å². The number of carbonyl (C=O) groups excluding carboxylic acids is 1. The molecule has 0 saturated heterocycles. The number of carbonyl (C=O) groups is 1. The highest BCUT2D eigenvalue weighted by Crippen LogP contribution is 2.33. The summed E-state index contributed by atoms with van der Waals surface area (Å²) in [5.74, 6) is -0.618. The minimum absolute atomic E-state index is 0.0779. The van der Waals surface area contributed by atoms with Crippen molar-refractivity contribution in [2.45, 2.75) is 19.2 Å². The molecule has 142 valence electrons. The van der Waals surface area contributed by atoms with Crippen LogP contribution in [0.3, 0.4) is 0 Å². The molecule has 0 aliphatic heterocycles. The van der Waals surface area contributed by atoms with Crippen LogP contribution in [0.1, 0.15) is 16.7 Å². The fourth-order valence-electron chi connectivity index (χ4n) is 3.29. The van der Waals surface area contributed by atoms with Crippen LogP contribution >= 0.6 is 0 Å². The number of halogens is 3. The van der Waals surface area contributed by atoms with Gasteiger partial charge in [-0.25, -0.2) is 0 Å². The fourth-order valence-corrected chi connectivity index (χ4v) is 3.29. The van der Waals surface area contributed by atoms with E-state index in [2.05, 4.69) is 0 Å². The Bertz CT molecular complexity index is 1160. The van der Waals surface area contributed by atoms with Crippen molar-refractivity contribution in [3.05, 3.63) is 83.6 Å². The Balaban J connectivity index is 1.55. The summed E-state index contributed by atoms with van der Waals surface area (Å²) in [6, 6.07) is 16.5. The number of fused-ring (bicyclic) bond motifs is 3. The Kier molecular flexibility index (Phi) is 4.55. The molecule has 0 spiro atoms. The van der Waals surface area contributed by atoms with E-state index in [4.69, 9.17) is 9.15 Å². The van der Waals surface area contributed by atoms with Gasteiger partial charge in [-0.3, -0.25) is 4.79 Å². The van der Waals surface area contributed by atoms with Gasteiger partial charge in [-0.1, -0.05) is 48.5 Å². The molecule has 3 nitrogen and oxygen atoms in total. The van der Waals surface area contributed by atoms with Crippen molar-refractivity contribution < 1.29 is 27.1 Å². The monoisotopic (exact) mass is 384 g/mol. The van der Waals surface area contributed by atoms with Crippen LogP contribution in [0.25, 0.3) is 21.7 Å². The van der Waals surface area contributed by atoms with Crippen molar-refractivity contribution in [1.82, 2.24) is 0 Å². The first kappa shape index (κ1) is 18.1. The molecule has 0 atom stereocenters. The quantitative estimate of drug-likeness (QED) is 0.412. The lowest BCUT2D eigenvalue weighted by atomic mass is 10.0. The van der Waals surface area contributed by atoms with Gasteiger partial charge in [0, 0.05) is 16.5 Å². The largest absolute Gasteiger partial charge is 0.464 e. The number of esters is 1. The van der Waals surface area contributed by atoms with Gasteiger partial charge in [0.2, 0.25) is 0 Å². The molecule has 4 rings (SSSR count). The zero-order chi connectivity index (χ0) is 19.7. The zero-order valence-electron chi connectivity index (χ0n) is 14.6. The SMILES string of the molecule is O=C(Cc1coc2ccc3ccccc3c12)OCc1ccccc1C(F)(F)F. The lowest BCUT2D eigenvalue weighted by Crippen LogP contribution is -2.13. The summed E-state index contributed by atoms with van der Waals surface area (Å²) >= 11 is 0. The van der Waals surface area contributed by atoms with E-state index >= 15 is 0 Å². The number of alkyl halides is 3. The van der Waals surface area contributed by atoms with Gasteiger partial charge in [-0.05, 0) is 22.9 Å². The molecule has 28 heavy (non-hydrogen) atoms. The molecule has 0 amide bonds. The number of ether oxygens (including phenoxy) is 1. The Morgan fingerprint density at radius 1 is 0.929 bits per heavy atom. The smallest absolute Gasteiger partial charge is 0.416 e. The van der Waals surface area contributed by atoms with E-state index in [9.17, 15) is 18.0 Å². The van der Waals surface area contributed by atoms with E-state index in [0.717, 1.165) is 22.2 Å². The molecule has 1 heterocycles. The molecule has 6 heteroatoms. The Hall–Kier alpha value is -3.28. The third-order valence-corrected chi connectivity index (χ3v) is 4.59. The normalized spacial score (nSPS) is 11.8. The maximum Gasteiger partial charge on any atom is 0.416 e. The van der Waals surface area contributed by atoms with Gasteiger partial charge < -0.3 is 9.15 Å². The van der Waals surface area contributed by atoms with Gasteiger partial charge in [-0.15, -0.1) is 0 Å². The van der Waals surface area contributed by atoms with E-state index in [0.29, 0.717) is 11.1 Å². The molecule has 0 N–H and O–H groups in total. The van der Waals surface area contributed by atoms with E-state index in [1.165, 1.54) is 24.5 Å². The summed E-state index contributed by atoms with van der Waals surface area (Å²) in [5, 5.41) is 2.76. The number of rotatable bonds is 4. The van der Waals surface area contributed by atoms with Crippen LogP contribution < -0.4 is 0 Å². The summed E-state index contributed by atoms with van der Waals surface area (Å²) in [7, 11) is 0. The average Bonchev–Trinajstić information content (AvgIpc) is 3.09. The van der Waals surface area contributed by atoms with Crippen molar-refractivity contribution in [2.75, 3.05) is 0 Å². The Morgan fingerprint density at radius 3 is 2.50 bits per heavy atom. The van der Waals surface area contributed by atoms with Crippen LogP contribution in [0.5, 0.6) is 0 Å². The predicted molar refractivity (Wildman–Crippen MR) is 98.7 cm³/mol. The van der Waals surface area contributed by atoms with Gasteiger partial charge >= 0.3 is 12.1 Å². The highest BCUT2D eigenvalue weighted by molar-refractivity contribution is 6.08. The maximum absolute atomic E-state index is 13.0. The molecule has 0 fully saturated rings. The number of furan rings is 1. The summed E-state index contributed by atoms with van der Waals surface area (Å²) in [6.45, 7) is -0.439. The van der Waals surface area contributed by atoms with Crippen LogP contribution in [0.4, 0.5) is 13.2 Å². The number of hydrogen-bond acceptors (Lipinski definition) is 3. The van der Waals surface area contributed by atoms with E-state index in [-0.39, 0.29) is 12.0 Å². The van der Waals surface area contributed by atoms with E-state index in [1.807, 2.05) is 36.4 Å². The lowest BCUT2D eigenvalue weighted by Gasteiger charge is -2.12. The Morgan fingerprint density at radius 2 is 1.68 bits per heavy atom. The highest BCUT2D eigenvalue weighted by atomic mass is 19.4. The predicted octanol–water partition coefficient (Wildman–Crippen LogP) is 5.89. The van der Waals surface area contributed by atoms with Crippen LogP contribution in [0, 0.1) is 0 Å². The van der Waals surface area contributed by atoms with Gasteiger partial charge in [0.1, 0.15) is 12.2 Å². The second-order valence-electron chi connectivity index (χ2n) is 6.41. The van der Waals surface area contributed by atoms with Crippen molar-refractivity contribution in [3.63, 3.8) is 0 Å². The maximum atomic E-state index is 13.0. The third-order valence-electron chi connectivity index (χ3n) is 4.59. The number of benzene rings is 3. The summed E-state index contributed by atoms with van der Waals surface area (Å²) < 4.78 is 49.8. The fraction of sp³-hybridized carbons (Fsp3) is 0.136. The Labute approximate surface area is 158 Å². The second kappa shape index (κ2) is 7.03. The third kappa shape index (κ3) is 3.45. The van der Waals surface area contributed by atoms with Crippen molar-refractivity contribution in [1.29, 1.82) is 0 Å². The van der Waals surface area contributed by atoms with Crippen LogP contribution in [0.15, 0.2) is 71.3 Å². The molecule has 0 bridgehead atoms. The van der Waals surface area contributed by atoms with Gasteiger partial charge in [0.05, 0.1) is 18.2 Å². The standard InChI is InChI=1S/C22H15F3O3/c23-22(24,25)18-8-4-2-6-15(18)12-28-20(26)11-16-13-27-19-10-9-14-5-1-3-7-17(14)21(16)19/h1-10,13H,11-12H2. The molecule has 0 aliphatic carbocycles. The minimum atomic E-state index is -4.50. The van der Waals surface area contributed by atoms with Crippen LogP contribution in [-0.2, 0) is 28.7 Å². The van der Waals surface area contributed by atoms with Crippen LogP contribution in [0.2, 0.25) is 0 Å². The first-order valence-corrected chi connectivity index (χ1v) is 8.62. The molecule has 0 unspecified atom stereocenters.